The van der Waals surface area contributed by atoms with Gasteiger partial charge in [-0.15, -0.1) is 0 Å². The summed E-state index contributed by atoms with van der Waals surface area (Å²) in [6, 6.07) is 13.9. The number of aryl methyl sites for hydroxylation is 1. The molecule has 20 heavy (non-hydrogen) atoms. The SMILES string of the molecule is O=C1CCc2cc(I)ccc2N1Cc1cccc(Cl)c1. The molecular weight excluding hydrogens is 385 g/mol. The van der Waals surface area contributed by atoms with Crippen LogP contribution in [0, 0.1) is 3.57 Å². The number of hydrogen-bond acceptors (Lipinski definition) is 1. The quantitative estimate of drug-likeness (QED) is 0.687. The number of benzene rings is 2. The molecule has 1 heterocycles. The van der Waals surface area contributed by atoms with Gasteiger partial charge < -0.3 is 4.90 Å². The number of carbonyl (C=O) groups excluding carboxylic acids is 1. The highest BCUT2D eigenvalue weighted by atomic mass is 127. The van der Waals surface area contributed by atoms with E-state index in [0.29, 0.717) is 18.0 Å². The first kappa shape index (κ1) is 13.9. The number of nitrogens with zero attached hydrogens (tertiary/aromatic N) is 1. The van der Waals surface area contributed by atoms with Crippen molar-refractivity contribution < 1.29 is 4.79 Å². The molecule has 102 valence electrons. The van der Waals surface area contributed by atoms with E-state index >= 15 is 0 Å². The molecule has 2 aromatic carbocycles. The first-order valence-electron chi connectivity index (χ1n) is 6.47. The van der Waals surface area contributed by atoms with Crippen molar-refractivity contribution in [2.45, 2.75) is 19.4 Å². The second-order valence-electron chi connectivity index (χ2n) is 4.88. The number of halogens is 2. The van der Waals surface area contributed by atoms with Crippen molar-refractivity contribution in [2.24, 2.45) is 0 Å². The van der Waals surface area contributed by atoms with E-state index in [1.165, 1.54) is 9.13 Å². The van der Waals surface area contributed by atoms with Crippen molar-refractivity contribution >= 4 is 45.8 Å². The van der Waals surface area contributed by atoms with Crippen LogP contribution in [-0.4, -0.2) is 5.91 Å². The Labute approximate surface area is 136 Å². The van der Waals surface area contributed by atoms with Gasteiger partial charge in [-0.05, 0) is 70.5 Å². The van der Waals surface area contributed by atoms with Crippen LogP contribution in [0.1, 0.15) is 17.5 Å². The van der Waals surface area contributed by atoms with E-state index in [2.05, 4.69) is 28.7 Å². The molecule has 1 aliphatic rings. The minimum absolute atomic E-state index is 0.179. The lowest BCUT2D eigenvalue weighted by Crippen LogP contribution is -2.34. The highest BCUT2D eigenvalue weighted by Gasteiger charge is 2.24. The van der Waals surface area contributed by atoms with Gasteiger partial charge in [0.1, 0.15) is 0 Å². The summed E-state index contributed by atoms with van der Waals surface area (Å²) in [6.45, 7) is 0.576. The number of rotatable bonds is 2. The smallest absolute Gasteiger partial charge is 0.227 e. The van der Waals surface area contributed by atoms with E-state index < -0.39 is 0 Å². The zero-order valence-corrected chi connectivity index (χ0v) is 13.7. The molecule has 0 bridgehead atoms. The monoisotopic (exact) mass is 397 g/mol. The lowest BCUT2D eigenvalue weighted by Gasteiger charge is -2.29. The number of hydrogen-bond donors (Lipinski definition) is 0. The van der Waals surface area contributed by atoms with E-state index in [-0.39, 0.29) is 5.91 Å². The minimum Gasteiger partial charge on any atom is -0.308 e. The summed E-state index contributed by atoms with van der Waals surface area (Å²) < 4.78 is 1.21. The Morgan fingerprint density at radius 3 is 2.80 bits per heavy atom. The fourth-order valence-electron chi connectivity index (χ4n) is 2.52. The van der Waals surface area contributed by atoms with Gasteiger partial charge in [0.25, 0.3) is 0 Å². The molecule has 2 nitrogen and oxygen atoms in total. The van der Waals surface area contributed by atoms with Gasteiger partial charge in [-0.2, -0.15) is 0 Å². The average molecular weight is 398 g/mol. The Bertz CT molecular complexity index is 671. The topological polar surface area (TPSA) is 20.3 Å². The summed E-state index contributed by atoms with van der Waals surface area (Å²) in [5, 5.41) is 0.704. The maximum atomic E-state index is 12.2. The number of amides is 1. The molecule has 4 heteroatoms. The molecule has 0 saturated heterocycles. The first-order valence-corrected chi connectivity index (χ1v) is 7.92. The molecule has 3 rings (SSSR count). The number of anilines is 1. The van der Waals surface area contributed by atoms with Crippen LogP contribution in [0.4, 0.5) is 5.69 Å². The van der Waals surface area contributed by atoms with Crippen LogP contribution >= 0.6 is 34.2 Å². The maximum absolute atomic E-state index is 12.2. The fraction of sp³-hybridized carbons (Fsp3) is 0.188. The third-order valence-corrected chi connectivity index (χ3v) is 4.38. The van der Waals surface area contributed by atoms with Gasteiger partial charge in [-0.1, -0.05) is 23.7 Å². The minimum atomic E-state index is 0.179. The first-order chi connectivity index (χ1) is 9.63. The van der Waals surface area contributed by atoms with Gasteiger partial charge in [0.05, 0.1) is 6.54 Å². The molecule has 0 N–H and O–H groups in total. The Hall–Kier alpha value is -1.07. The van der Waals surface area contributed by atoms with Crippen LogP contribution in [0.2, 0.25) is 5.02 Å². The highest BCUT2D eigenvalue weighted by Crippen LogP contribution is 2.30. The van der Waals surface area contributed by atoms with E-state index in [1.54, 1.807) is 0 Å². The van der Waals surface area contributed by atoms with Crippen molar-refractivity contribution in [1.82, 2.24) is 0 Å². The summed E-state index contributed by atoms with van der Waals surface area (Å²) in [7, 11) is 0. The molecule has 0 aliphatic carbocycles. The Morgan fingerprint density at radius 1 is 1.15 bits per heavy atom. The zero-order chi connectivity index (χ0) is 14.1. The third-order valence-electron chi connectivity index (χ3n) is 3.47. The summed E-state index contributed by atoms with van der Waals surface area (Å²) in [5.41, 5.74) is 3.33. The second-order valence-corrected chi connectivity index (χ2v) is 6.56. The molecule has 1 aliphatic heterocycles. The largest absolute Gasteiger partial charge is 0.308 e. The van der Waals surface area contributed by atoms with Crippen LogP contribution < -0.4 is 4.90 Å². The van der Waals surface area contributed by atoms with Crippen LogP contribution in [0.5, 0.6) is 0 Å². The van der Waals surface area contributed by atoms with Crippen molar-refractivity contribution in [1.29, 1.82) is 0 Å². The summed E-state index contributed by atoms with van der Waals surface area (Å²) in [6.07, 6.45) is 1.41. The molecule has 0 saturated carbocycles. The molecule has 0 fully saturated rings. The number of carbonyl (C=O) groups is 1. The van der Waals surface area contributed by atoms with Crippen molar-refractivity contribution in [3.8, 4) is 0 Å². The predicted octanol–water partition coefficient (Wildman–Crippen LogP) is 4.42. The van der Waals surface area contributed by atoms with Gasteiger partial charge in [0, 0.05) is 20.7 Å². The van der Waals surface area contributed by atoms with Gasteiger partial charge in [-0.25, -0.2) is 0 Å². The van der Waals surface area contributed by atoms with E-state index in [0.717, 1.165) is 17.7 Å². The summed E-state index contributed by atoms with van der Waals surface area (Å²) in [5.74, 6) is 0.179. The second kappa shape index (κ2) is 5.74. The van der Waals surface area contributed by atoms with Crippen molar-refractivity contribution in [3.05, 3.63) is 62.2 Å². The van der Waals surface area contributed by atoms with Gasteiger partial charge in [0.2, 0.25) is 5.91 Å². The normalized spacial score (nSPS) is 14.3. The molecule has 0 atom stereocenters. The summed E-state index contributed by atoms with van der Waals surface area (Å²) in [4.78, 5) is 14.1. The molecule has 0 aromatic heterocycles. The van der Waals surface area contributed by atoms with Crippen LogP contribution in [0.15, 0.2) is 42.5 Å². The van der Waals surface area contributed by atoms with Gasteiger partial charge in [-0.3, -0.25) is 4.79 Å². The average Bonchev–Trinajstić information content (AvgIpc) is 2.42. The van der Waals surface area contributed by atoms with Crippen LogP contribution in [0.3, 0.4) is 0 Å². The molecule has 0 unspecified atom stereocenters. The molecule has 0 spiro atoms. The van der Waals surface area contributed by atoms with Gasteiger partial charge in [0.15, 0.2) is 0 Å². The Balaban J connectivity index is 1.95. The molecule has 2 aromatic rings. The van der Waals surface area contributed by atoms with Crippen molar-refractivity contribution in [3.63, 3.8) is 0 Å². The van der Waals surface area contributed by atoms with Crippen molar-refractivity contribution in [2.75, 3.05) is 4.90 Å². The lowest BCUT2D eigenvalue weighted by atomic mass is 10.0. The lowest BCUT2D eigenvalue weighted by molar-refractivity contribution is -0.119. The Kier molecular flexibility index (Phi) is 3.98. The molecule has 1 amide bonds. The zero-order valence-electron chi connectivity index (χ0n) is 10.8. The van der Waals surface area contributed by atoms with E-state index in [1.807, 2.05) is 41.3 Å². The third kappa shape index (κ3) is 2.83. The van der Waals surface area contributed by atoms with Crippen LogP contribution in [0.25, 0.3) is 0 Å². The van der Waals surface area contributed by atoms with E-state index in [9.17, 15) is 4.79 Å². The highest BCUT2D eigenvalue weighted by molar-refractivity contribution is 14.1. The molecular formula is C16H13ClINO. The Morgan fingerprint density at radius 2 is 2.00 bits per heavy atom. The van der Waals surface area contributed by atoms with E-state index in [4.69, 9.17) is 11.6 Å². The summed E-state index contributed by atoms with van der Waals surface area (Å²) >= 11 is 8.32. The standard InChI is InChI=1S/C16H13ClINO/c17-13-3-1-2-11(8-13)10-19-15-6-5-14(18)9-12(15)4-7-16(19)20/h1-3,5-6,8-9H,4,7,10H2. The predicted molar refractivity (Wildman–Crippen MR) is 90.1 cm³/mol. The molecule has 0 radical (unpaired) electrons. The maximum Gasteiger partial charge on any atom is 0.227 e. The number of fused-ring (bicyclic) bond motifs is 1. The van der Waals surface area contributed by atoms with Crippen LogP contribution in [-0.2, 0) is 17.8 Å². The fourth-order valence-corrected chi connectivity index (χ4v) is 3.29. The van der Waals surface area contributed by atoms with Gasteiger partial charge >= 0.3 is 0 Å².